The minimum Gasteiger partial charge on any atom is -0.144 e. The van der Waals surface area contributed by atoms with Gasteiger partial charge >= 0.3 is 0 Å². The molecule has 0 saturated heterocycles. The highest BCUT2D eigenvalue weighted by Crippen LogP contribution is 2.34. The third-order valence-corrected chi connectivity index (χ3v) is 3.99. The lowest BCUT2D eigenvalue weighted by molar-refractivity contribution is 1.15. The van der Waals surface area contributed by atoms with Crippen LogP contribution in [-0.4, -0.2) is 0 Å². The van der Waals surface area contributed by atoms with Gasteiger partial charge in [0.2, 0.25) is 0 Å². The van der Waals surface area contributed by atoms with Gasteiger partial charge in [0.15, 0.2) is 0 Å². The molecule has 0 spiro atoms. The van der Waals surface area contributed by atoms with E-state index >= 15 is 0 Å². The van der Waals surface area contributed by atoms with Gasteiger partial charge in [0.1, 0.15) is 0 Å². The molecule has 74 valence electrons. The van der Waals surface area contributed by atoms with E-state index in [1.165, 1.54) is 15.6 Å². The molecule has 0 atom stereocenters. The van der Waals surface area contributed by atoms with Crippen LogP contribution >= 0.6 is 34.5 Å². The van der Waals surface area contributed by atoms with Crippen molar-refractivity contribution in [1.82, 2.24) is 0 Å². The number of rotatable bonds is 2. The molecule has 0 unspecified atom stereocenters. The predicted octanol–water partition coefficient (Wildman–Crippen LogP) is 4.86. The molecule has 1 heterocycles. The van der Waals surface area contributed by atoms with E-state index in [2.05, 4.69) is 24.4 Å². The van der Waals surface area contributed by atoms with Crippen LogP contribution in [0.4, 0.5) is 0 Å². The summed E-state index contributed by atoms with van der Waals surface area (Å²) in [6.07, 6.45) is 0.955. The van der Waals surface area contributed by atoms with E-state index in [0.29, 0.717) is 5.88 Å². The van der Waals surface area contributed by atoms with E-state index in [1.807, 2.05) is 0 Å². The highest BCUT2D eigenvalue weighted by molar-refractivity contribution is 7.17. The highest BCUT2D eigenvalue weighted by Gasteiger charge is 2.10. The molecule has 0 saturated carbocycles. The Morgan fingerprint density at radius 2 is 2.21 bits per heavy atom. The molecule has 2 aromatic rings. The van der Waals surface area contributed by atoms with Crippen LogP contribution in [0.3, 0.4) is 0 Å². The van der Waals surface area contributed by atoms with Crippen molar-refractivity contribution in [2.75, 3.05) is 0 Å². The number of hydrogen-bond donors (Lipinski definition) is 0. The summed E-state index contributed by atoms with van der Waals surface area (Å²) < 4.78 is 1.28. The Kier molecular flexibility index (Phi) is 3.01. The summed E-state index contributed by atoms with van der Waals surface area (Å²) in [4.78, 5) is 0. The van der Waals surface area contributed by atoms with Gasteiger partial charge in [-0.1, -0.05) is 18.5 Å². The Morgan fingerprint density at radius 1 is 1.43 bits per heavy atom. The zero-order chi connectivity index (χ0) is 10.1. The Hall–Kier alpha value is -0.240. The van der Waals surface area contributed by atoms with Gasteiger partial charge in [0, 0.05) is 15.6 Å². The average molecular weight is 245 g/mol. The second kappa shape index (κ2) is 4.09. The first-order chi connectivity index (χ1) is 6.77. The van der Waals surface area contributed by atoms with Crippen LogP contribution in [0.2, 0.25) is 5.02 Å². The Labute approximate surface area is 97.5 Å². The third kappa shape index (κ3) is 1.54. The maximum Gasteiger partial charge on any atom is 0.0489 e. The van der Waals surface area contributed by atoms with Crippen LogP contribution in [0.15, 0.2) is 17.5 Å². The molecule has 0 fully saturated rings. The molecule has 2 rings (SSSR count). The number of benzene rings is 1. The number of fused-ring (bicyclic) bond motifs is 1. The summed E-state index contributed by atoms with van der Waals surface area (Å²) in [7, 11) is 0. The molecule has 0 aliphatic carbocycles. The second-order valence-corrected chi connectivity index (χ2v) is 4.74. The normalized spacial score (nSPS) is 11.1. The van der Waals surface area contributed by atoms with Gasteiger partial charge < -0.3 is 0 Å². The topological polar surface area (TPSA) is 0 Å². The predicted molar refractivity (Wildman–Crippen MR) is 65.8 cm³/mol. The molecule has 0 nitrogen and oxygen atoms in total. The van der Waals surface area contributed by atoms with Crippen molar-refractivity contribution in [2.45, 2.75) is 19.2 Å². The molecule has 0 N–H and O–H groups in total. The molecule has 0 radical (unpaired) electrons. The smallest absolute Gasteiger partial charge is 0.0489 e. The van der Waals surface area contributed by atoms with E-state index in [1.54, 1.807) is 11.3 Å². The minimum absolute atomic E-state index is 0.486. The van der Waals surface area contributed by atoms with Crippen molar-refractivity contribution in [1.29, 1.82) is 0 Å². The van der Waals surface area contributed by atoms with Crippen molar-refractivity contribution in [3.05, 3.63) is 33.7 Å². The standard InChI is InChI=1S/C11H10Cl2S/c1-2-8-9-3-4-14-10(9)5-7(6-12)11(8)13/h3-5H,2,6H2,1H3. The lowest BCUT2D eigenvalue weighted by Gasteiger charge is -2.07. The molecular weight excluding hydrogens is 235 g/mol. The van der Waals surface area contributed by atoms with E-state index in [4.69, 9.17) is 23.2 Å². The van der Waals surface area contributed by atoms with Crippen LogP contribution in [0.5, 0.6) is 0 Å². The number of aryl methyl sites for hydroxylation is 1. The van der Waals surface area contributed by atoms with Crippen LogP contribution in [0.25, 0.3) is 10.1 Å². The lowest BCUT2D eigenvalue weighted by atomic mass is 10.1. The average Bonchev–Trinajstić information content (AvgIpc) is 2.64. The highest BCUT2D eigenvalue weighted by atomic mass is 35.5. The maximum atomic E-state index is 6.27. The maximum absolute atomic E-state index is 6.27. The van der Waals surface area contributed by atoms with Gasteiger partial charge in [-0.2, -0.15) is 0 Å². The Morgan fingerprint density at radius 3 is 2.86 bits per heavy atom. The van der Waals surface area contributed by atoms with Gasteiger partial charge in [-0.05, 0) is 40.4 Å². The monoisotopic (exact) mass is 244 g/mol. The Balaban J connectivity index is 2.80. The lowest BCUT2D eigenvalue weighted by Crippen LogP contribution is -1.88. The number of thiophene rings is 1. The Bertz CT molecular complexity index is 460. The van der Waals surface area contributed by atoms with Gasteiger partial charge in [-0.25, -0.2) is 0 Å². The molecule has 0 aliphatic rings. The van der Waals surface area contributed by atoms with Crippen molar-refractivity contribution in [2.24, 2.45) is 0 Å². The first kappa shape index (κ1) is 10.3. The second-order valence-electron chi connectivity index (χ2n) is 3.15. The van der Waals surface area contributed by atoms with Crippen LogP contribution in [0.1, 0.15) is 18.1 Å². The van der Waals surface area contributed by atoms with E-state index in [0.717, 1.165) is 17.0 Å². The summed E-state index contributed by atoms with van der Waals surface area (Å²) >= 11 is 13.9. The largest absolute Gasteiger partial charge is 0.144 e. The van der Waals surface area contributed by atoms with Gasteiger partial charge in [0.05, 0.1) is 0 Å². The number of alkyl halides is 1. The van der Waals surface area contributed by atoms with Crippen molar-refractivity contribution >= 4 is 44.6 Å². The third-order valence-electron chi connectivity index (χ3n) is 2.37. The van der Waals surface area contributed by atoms with E-state index in [9.17, 15) is 0 Å². The summed E-state index contributed by atoms with van der Waals surface area (Å²) in [6.45, 7) is 2.12. The first-order valence-corrected chi connectivity index (χ1v) is 6.30. The van der Waals surface area contributed by atoms with E-state index < -0.39 is 0 Å². The molecule has 0 aliphatic heterocycles. The molecule has 3 heteroatoms. The molecule has 1 aromatic heterocycles. The molecule has 0 bridgehead atoms. The van der Waals surface area contributed by atoms with Crippen LogP contribution in [-0.2, 0) is 12.3 Å². The van der Waals surface area contributed by atoms with Crippen molar-refractivity contribution in [3.63, 3.8) is 0 Å². The minimum atomic E-state index is 0.486. The summed E-state index contributed by atoms with van der Waals surface area (Å²) in [5.41, 5.74) is 2.27. The zero-order valence-electron chi connectivity index (χ0n) is 7.81. The van der Waals surface area contributed by atoms with Crippen LogP contribution in [0, 0.1) is 0 Å². The summed E-state index contributed by atoms with van der Waals surface area (Å²) in [5, 5.41) is 4.21. The van der Waals surface area contributed by atoms with Gasteiger partial charge in [0.25, 0.3) is 0 Å². The van der Waals surface area contributed by atoms with E-state index in [-0.39, 0.29) is 0 Å². The fraction of sp³-hybridized carbons (Fsp3) is 0.273. The fourth-order valence-corrected chi connectivity index (χ4v) is 3.17. The molecule has 14 heavy (non-hydrogen) atoms. The molecule has 0 amide bonds. The molecule has 1 aromatic carbocycles. The number of hydrogen-bond acceptors (Lipinski definition) is 1. The van der Waals surface area contributed by atoms with Crippen molar-refractivity contribution < 1.29 is 0 Å². The number of halogens is 2. The fourth-order valence-electron chi connectivity index (χ4n) is 1.66. The summed E-state index contributed by atoms with van der Waals surface area (Å²) in [5.74, 6) is 0.486. The SMILES string of the molecule is CCc1c(Cl)c(CCl)cc2sccc12. The first-order valence-electron chi connectivity index (χ1n) is 4.51. The van der Waals surface area contributed by atoms with Gasteiger partial charge in [-0.15, -0.1) is 22.9 Å². The molecular formula is C11H10Cl2S. The van der Waals surface area contributed by atoms with Crippen LogP contribution < -0.4 is 0 Å². The summed E-state index contributed by atoms with van der Waals surface area (Å²) in [6, 6.07) is 4.22. The van der Waals surface area contributed by atoms with Crippen molar-refractivity contribution in [3.8, 4) is 0 Å². The van der Waals surface area contributed by atoms with Gasteiger partial charge in [-0.3, -0.25) is 0 Å². The zero-order valence-corrected chi connectivity index (χ0v) is 10.1. The quantitative estimate of drug-likeness (QED) is 0.663.